The van der Waals surface area contributed by atoms with E-state index >= 15 is 0 Å². The molecule has 236 valence electrons. The average molecular weight is 641 g/mol. The van der Waals surface area contributed by atoms with Crippen LogP contribution in [0.25, 0.3) is 17.0 Å². The van der Waals surface area contributed by atoms with Gasteiger partial charge >= 0.3 is 0 Å². The summed E-state index contributed by atoms with van der Waals surface area (Å²) in [6.45, 7) is 8.88. The Morgan fingerprint density at radius 2 is 1.57 bits per heavy atom. The number of likely N-dealkylation sites (tertiary alicyclic amines) is 1. The fraction of sp³-hybridized carbons (Fsp3) is 0.484. The number of halogens is 1. The quantitative estimate of drug-likeness (QED) is 0.301. The van der Waals surface area contributed by atoms with Gasteiger partial charge in [0.15, 0.2) is 0 Å². The number of aromatic nitrogens is 5. The molecule has 4 aromatic rings. The van der Waals surface area contributed by atoms with E-state index < -0.39 is 15.4 Å². The number of ether oxygens (including phenoxy) is 1. The molecular formula is C31H41ClN8O3S. The molecule has 0 unspecified atom stereocenters. The number of imidazole rings is 1. The van der Waals surface area contributed by atoms with Crippen LogP contribution in [0.5, 0.6) is 0 Å². The molecule has 0 aliphatic carbocycles. The van der Waals surface area contributed by atoms with Crippen molar-refractivity contribution in [2.24, 2.45) is 0 Å². The van der Waals surface area contributed by atoms with Crippen molar-refractivity contribution in [1.29, 1.82) is 0 Å². The zero-order valence-electron chi connectivity index (χ0n) is 25.7. The van der Waals surface area contributed by atoms with Crippen LogP contribution in [0.1, 0.15) is 43.7 Å². The fourth-order valence-corrected chi connectivity index (χ4v) is 6.87. The van der Waals surface area contributed by atoms with Gasteiger partial charge in [0.2, 0.25) is 32.8 Å². The molecule has 1 N–H and O–H groups in total. The first-order valence-electron chi connectivity index (χ1n) is 14.9. The van der Waals surface area contributed by atoms with Crippen molar-refractivity contribution < 1.29 is 13.2 Å². The highest BCUT2D eigenvalue weighted by Gasteiger charge is 2.28. The van der Waals surface area contributed by atoms with Gasteiger partial charge in [-0.05, 0) is 82.4 Å². The molecule has 2 aromatic carbocycles. The molecule has 13 heteroatoms. The summed E-state index contributed by atoms with van der Waals surface area (Å²) in [5.41, 5.74) is 3.48. The van der Waals surface area contributed by atoms with Crippen LogP contribution in [0.2, 0.25) is 0 Å². The number of fused-ring (bicyclic) bond motifs is 1. The minimum Gasteiger partial charge on any atom is -0.378 e. The number of nitrogens with one attached hydrogen (secondary N) is 1. The van der Waals surface area contributed by atoms with Gasteiger partial charge in [0.25, 0.3) is 0 Å². The molecule has 2 aromatic heterocycles. The molecule has 0 amide bonds. The summed E-state index contributed by atoms with van der Waals surface area (Å²) in [4.78, 5) is 23.3. The highest BCUT2D eigenvalue weighted by molar-refractivity contribution is 7.90. The van der Waals surface area contributed by atoms with Crippen LogP contribution >= 0.6 is 12.4 Å². The lowest BCUT2D eigenvalue weighted by molar-refractivity contribution is 0.122. The summed E-state index contributed by atoms with van der Waals surface area (Å²) < 4.78 is 32.8. The molecule has 2 saturated heterocycles. The average Bonchev–Trinajstić information content (AvgIpc) is 3.39. The fourth-order valence-electron chi connectivity index (χ4n) is 6.10. The number of hydrogen-bond acceptors (Lipinski definition) is 10. The predicted octanol–water partition coefficient (Wildman–Crippen LogP) is 4.11. The Morgan fingerprint density at radius 1 is 0.909 bits per heavy atom. The van der Waals surface area contributed by atoms with Crippen molar-refractivity contribution in [2.75, 3.05) is 62.9 Å². The molecule has 0 saturated carbocycles. The van der Waals surface area contributed by atoms with Gasteiger partial charge in [0.05, 0.1) is 24.2 Å². The number of rotatable bonds is 8. The summed E-state index contributed by atoms with van der Waals surface area (Å²) in [6.07, 6.45) is 4.23. The number of anilines is 2. The second-order valence-electron chi connectivity index (χ2n) is 12.3. The second-order valence-corrected chi connectivity index (χ2v) is 14.2. The summed E-state index contributed by atoms with van der Waals surface area (Å²) in [5, 5.41) is 3.47. The van der Waals surface area contributed by atoms with Gasteiger partial charge < -0.3 is 19.9 Å². The van der Waals surface area contributed by atoms with Gasteiger partial charge in [-0.25, -0.2) is 13.4 Å². The smallest absolute Gasteiger partial charge is 0.243 e. The van der Waals surface area contributed by atoms with Gasteiger partial charge in [0, 0.05) is 24.9 Å². The van der Waals surface area contributed by atoms with Crippen LogP contribution in [0.3, 0.4) is 0 Å². The van der Waals surface area contributed by atoms with Gasteiger partial charge in [-0.15, -0.1) is 12.4 Å². The number of sulfone groups is 1. The Kier molecular flexibility index (Phi) is 9.45. The molecule has 2 fully saturated rings. The number of para-hydroxylation sites is 2. The minimum atomic E-state index is -3.69. The first-order valence-corrected chi connectivity index (χ1v) is 16.8. The van der Waals surface area contributed by atoms with E-state index in [1.165, 1.54) is 15.7 Å². The van der Waals surface area contributed by atoms with E-state index in [-0.39, 0.29) is 23.5 Å². The maximum absolute atomic E-state index is 12.9. The van der Waals surface area contributed by atoms with Crippen molar-refractivity contribution in [3.05, 3.63) is 59.7 Å². The summed E-state index contributed by atoms with van der Waals surface area (Å²) >= 11 is 0. The lowest BCUT2D eigenvalue weighted by Crippen LogP contribution is -2.39. The van der Waals surface area contributed by atoms with Gasteiger partial charge in [-0.1, -0.05) is 36.4 Å². The molecule has 44 heavy (non-hydrogen) atoms. The molecule has 6 rings (SSSR count). The Balaban J connectivity index is 0.00000384. The largest absolute Gasteiger partial charge is 0.378 e. The highest BCUT2D eigenvalue weighted by Crippen LogP contribution is 2.32. The van der Waals surface area contributed by atoms with Gasteiger partial charge in [-0.2, -0.15) is 15.0 Å². The normalized spacial score (nSPS) is 17.0. The maximum atomic E-state index is 12.9. The predicted molar refractivity (Wildman–Crippen MR) is 175 cm³/mol. The monoisotopic (exact) mass is 640 g/mol. The van der Waals surface area contributed by atoms with Crippen LogP contribution in [-0.4, -0.2) is 96.1 Å². The second kappa shape index (κ2) is 13.0. The number of piperidine rings is 1. The number of benzene rings is 2. The summed E-state index contributed by atoms with van der Waals surface area (Å²) in [5.74, 6) is 1.60. The Morgan fingerprint density at radius 3 is 2.30 bits per heavy atom. The van der Waals surface area contributed by atoms with E-state index in [0.29, 0.717) is 55.2 Å². The lowest BCUT2D eigenvalue weighted by Gasteiger charge is -2.33. The van der Waals surface area contributed by atoms with E-state index in [1.54, 1.807) is 6.07 Å². The zero-order chi connectivity index (χ0) is 30.2. The van der Waals surface area contributed by atoms with E-state index in [2.05, 4.69) is 60.4 Å². The molecular weight excluding hydrogens is 600 g/mol. The first kappa shape index (κ1) is 32.1. The molecule has 2 aliphatic heterocycles. The topological polar surface area (TPSA) is 118 Å². The summed E-state index contributed by atoms with van der Waals surface area (Å²) in [6, 6.07) is 16.0. The molecule has 0 radical (unpaired) electrons. The van der Waals surface area contributed by atoms with E-state index in [9.17, 15) is 8.42 Å². The molecule has 0 atom stereocenters. The lowest BCUT2D eigenvalue weighted by atomic mass is 9.83. The van der Waals surface area contributed by atoms with Crippen LogP contribution in [0.15, 0.2) is 53.7 Å². The molecule has 2 aliphatic rings. The molecule has 4 heterocycles. The maximum Gasteiger partial charge on any atom is 0.243 e. The SMILES string of the molecule is CN1CCC(c2ccccc2CC(C)(C)Nc2nc(N3CCOCC3)nc(-n3c(S(C)(=O)=O)nc4ccccc43)n2)CC1.Cl. The molecule has 0 bridgehead atoms. The zero-order valence-corrected chi connectivity index (χ0v) is 27.4. The third kappa shape index (κ3) is 6.98. The Bertz CT molecular complexity index is 1710. The van der Waals surface area contributed by atoms with E-state index in [1.807, 2.05) is 23.1 Å². The first-order chi connectivity index (χ1) is 20.6. The van der Waals surface area contributed by atoms with Crippen molar-refractivity contribution in [3.63, 3.8) is 0 Å². The van der Waals surface area contributed by atoms with Crippen LogP contribution < -0.4 is 10.2 Å². The van der Waals surface area contributed by atoms with Crippen molar-refractivity contribution in [2.45, 2.75) is 49.7 Å². The third-order valence-corrected chi connectivity index (χ3v) is 9.20. The van der Waals surface area contributed by atoms with Crippen molar-refractivity contribution in [3.8, 4) is 5.95 Å². The van der Waals surface area contributed by atoms with Crippen molar-refractivity contribution in [1.82, 2.24) is 29.4 Å². The Hall–Kier alpha value is -3.32. The third-order valence-electron chi connectivity index (χ3n) is 8.26. The van der Waals surface area contributed by atoms with E-state index in [0.717, 1.165) is 38.6 Å². The molecule has 0 spiro atoms. The van der Waals surface area contributed by atoms with Crippen LogP contribution in [0.4, 0.5) is 11.9 Å². The van der Waals surface area contributed by atoms with Crippen LogP contribution in [0, 0.1) is 0 Å². The number of nitrogens with zero attached hydrogens (tertiary/aromatic N) is 7. The minimum absolute atomic E-state index is 0. The van der Waals surface area contributed by atoms with E-state index in [4.69, 9.17) is 19.7 Å². The number of hydrogen-bond donors (Lipinski definition) is 1. The van der Waals surface area contributed by atoms with Crippen LogP contribution in [-0.2, 0) is 21.0 Å². The van der Waals surface area contributed by atoms with Gasteiger partial charge in [0.1, 0.15) is 0 Å². The Labute approximate surface area is 265 Å². The molecule has 11 nitrogen and oxygen atoms in total. The van der Waals surface area contributed by atoms with Crippen molar-refractivity contribution >= 4 is 45.2 Å². The standard InChI is InChI=1S/C31H40N8O3S.ClH/c1-31(2,21-23-9-5-6-10-24(23)22-13-15-37(3)16-14-22)36-27-33-28(38-17-19-42-20-18-38)35-29(34-27)39-26-12-8-7-11-25(26)32-30(39)43(4,40)41;/h5-12,22H,13-21H2,1-4H3,(H,33,34,35,36);1H. The summed E-state index contributed by atoms with van der Waals surface area (Å²) in [7, 11) is -1.51. The highest BCUT2D eigenvalue weighted by atomic mass is 35.5. The van der Waals surface area contributed by atoms with Gasteiger partial charge in [-0.3, -0.25) is 4.57 Å². The number of morpholine rings is 1.